The van der Waals surface area contributed by atoms with Crippen LogP contribution >= 0.6 is 0 Å². The van der Waals surface area contributed by atoms with Crippen molar-refractivity contribution >= 4 is 5.91 Å². The summed E-state index contributed by atoms with van der Waals surface area (Å²) in [4.78, 5) is 11.0. The van der Waals surface area contributed by atoms with Crippen LogP contribution in [-0.2, 0) is 6.54 Å². The summed E-state index contributed by atoms with van der Waals surface area (Å²) in [5, 5.41) is 3.41. The van der Waals surface area contributed by atoms with Crippen LogP contribution in [0.3, 0.4) is 0 Å². The molecule has 3 heteroatoms. The summed E-state index contributed by atoms with van der Waals surface area (Å²) in [6.07, 6.45) is 0. The number of amides is 1. The van der Waals surface area contributed by atoms with Gasteiger partial charge in [0.25, 0.3) is 0 Å². The number of hydrogen-bond acceptors (Lipinski definition) is 2. The molecule has 0 spiro atoms. The van der Waals surface area contributed by atoms with Crippen LogP contribution in [0, 0.1) is 6.92 Å². The van der Waals surface area contributed by atoms with Gasteiger partial charge >= 0.3 is 0 Å². The van der Waals surface area contributed by atoms with Crippen LogP contribution in [0.4, 0.5) is 0 Å². The molecule has 0 saturated heterocycles. The van der Waals surface area contributed by atoms with Crippen molar-refractivity contribution in [3.8, 4) is 0 Å². The molecule has 0 radical (unpaired) electrons. The summed E-state index contributed by atoms with van der Waals surface area (Å²) in [5.74, 6) is -0.376. The van der Waals surface area contributed by atoms with E-state index in [2.05, 4.69) is 26.1 Å². The molecule has 0 atom stereocenters. The highest BCUT2D eigenvalue weighted by Crippen LogP contribution is 2.12. The van der Waals surface area contributed by atoms with E-state index >= 15 is 0 Å². The molecule has 0 aliphatic heterocycles. The van der Waals surface area contributed by atoms with E-state index in [1.165, 1.54) is 5.56 Å². The Morgan fingerprint density at radius 2 is 2.00 bits per heavy atom. The zero-order chi connectivity index (χ0) is 12.3. The second kappa shape index (κ2) is 4.66. The Bertz CT molecular complexity index is 391. The van der Waals surface area contributed by atoms with E-state index in [-0.39, 0.29) is 11.4 Å². The molecule has 3 N–H and O–H groups in total. The van der Waals surface area contributed by atoms with E-state index < -0.39 is 0 Å². The zero-order valence-corrected chi connectivity index (χ0v) is 10.4. The van der Waals surface area contributed by atoms with Crippen LogP contribution in [0.25, 0.3) is 0 Å². The number of nitrogens with two attached hydrogens (primary N) is 1. The van der Waals surface area contributed by atoms with Crippen molar-refractivity contribution in [2.24, 2.45) is 5.73 Å². The van der Waals surface area contributed by atoms with Crippen LogP contribution in [-0.4, -0.2) is 11.4 Å². The summed E-state index contributed by atoms with van der Waals surface area (Å²) in [6, 6.07) is 5.56. The smallest absolute Gasteiger partial charge is 0.248 e. The van der Waals surface area contributed by atoms with Crippen molar-refractivity contribution in [3.05, 3.63) is 34.9 Å². The molecule has 1 aromatic rings. The van der Waals surface area contributed by atoms with Crippen molar-refractivity contribution in [1.29, 1.82) is 0 Å². The Labute approximate surface area is 97.0 Å². The Morgan fingerprint density at radius 3 is 2.44 bits per heavy atom. The zero-order valence-electron chi connectivity index (χ0n) is 10.4. The monoisotopic (exact) mass is 220 g/mol. The molecule has 0 aliphatic carbocycles. The highest BCUT2D eigenvalue weighted by Gasteiger charge is 2.10. The average molecular weight is 220 g/mol. The third-order valence-electron chi connectivity index (χ3n) is 2.44. The second-order valence-corrected chi connectivity index (χ2v) is 5.11. The predicted octanol–water partition coefficient (Wildman–Crippen LogP) is 1.98. The minimum absolute atomic E-state index is 0.0921. The summed E-state index contributed by atoms with van der Waals surface area (Å²) in [5.41, 5.74) is 8.17. The van der Waals surface area contributed by atoms with Crippen LogP contribution < -0.4 is 11.1 Å². The highest BCUT2D eigenvalue weighted by molar-refractivity contribution is 5.93. The van der Waals surface area contributed by atoms with Crippen LogP contribution in [0.1, 0.15) is 42.3 Å². The third-order valence-corrected chi connectivity index (χ3v) is 2.44. The Kier molecular flexibility index (Phi) is 3.70. The standard InChI is InChI=1S/C13H20N2O/c1-9-7-10(12(14)16)5-6-11(9)8-15-13(2,3)4/h5-7,15H,8H2,1-4H3,(H2,14,16). The summed E-state index contributed by atoms with van der Waals surface area (Å²) >= 11 is 0. The molecule has 16 heavy (non-hydrogen) atoms. The van der Waals surface area contributed by atoms with Gasteiger partial charge in [-0.1, -0.05) is 6.07 Å². The SMILES string of the molecule is Cc1cc(C(N)=O)ccc1CNC(C)(C)C. The first kappa shape index (κ1) is 12.7. The predicted molar refractivity (Wildman–Crippen MR) is 66.3 cm³/mol. The van der Waals surface area contributed by atoms with E-state index in [4.69, 9.17) is 5.73 Å². The van der Waals surface area contributed by atoms with Crippen LogP contribution in [0.2, 0.25) is 0 Å². The fraction of sp³-hybridized carbons (Fsp3) is 0.462. The molecule has 0 aromatic heterocycles. The Balaban J connectivity index is 2.80. The lowest BCUT2D eigenvalue weighted by Crippen LogP contribution is -2.35. The van der Waals surface area contributed by atoms with Crippen molar-refractivity contribution in [2.45, 2.75) is 39.8 Å². The molecular formula is C13H20N2O. The first-order valence-electron chi connectivity index (χ1n) is 5.44. The number of carbonyl (C=O) groups excluding carboxylic acids is 1. The minimum atomic E-state index is -0.376. The Hall–Kier alpha value is -1.35. The van der Waals surface area contributed by atoms with E-state index in [1.54, 1.807) is 6.07 Å². The number of aryl methyl sites for hydroxylation is 1. The molecular weight excluding hydrogens is 200 g/mol. The van der Waals surface area contributed by atoms with Gasteiger partial charge in [0.05, 0.1) is 0 Å². The van der Waals surface area contributed by atoms with E-state index in [1.807, 2.05) is 19.1 Å². The molecule has 0 saturated carbocycles. The molecule has 0 heterocycles. The Morgan fingerprint density at radius 1 is 1.38 bits per heavy atom. The largest absolute Gasteiger partial charge is 0.366 e. The van der Waals surface area contributed by atoms with Gasteiger partial charge in [-0.25, -0.2) is 0 Å². The fourth-order valence-corrected chi connectivity index (χ4v) is 1.41. The van der Waals surface area contributed by atoms with Crippen LogP contribution in [0.15, 0.2) is 18.2 Å². The summed E-state index contributed by atoms with van der Waals surface area (Å²) < 4.78 is 0. The lowest BCUT2D eigenvalue weighted by Gasteiger charge is -2.21. The molecule has 1 amide bonds. The molecule has 88 valence electrons. The molecule has 0 aliphatic rings. The first-order chi connectivity index (χ1) is 7.29. The normalized spacial score (nSPS) is 11.5. The molecule has 3 nitrogen and oxygen atoms in total. The second-order valence-electron chi connectivity index (χ2n) is 5.11. The van der Waals surface area contributed by atoms with Gasteiger partial charge in [0, 0.05) is 17.6 Å². The van der Waals surface area contributed by atoms with Crippen molar-refractivity contribution in [2.75, 3.05) is 0 Å². The maximum Gasteiger partial charge on any atom is 0.248 e. The number of hydrogen-bond donors (Lipinski definition) is 2. The van der Waals surface area contributed by atoms with E-state index in [9.17, 15) is 4.79 Å². The van der Waals surface area contributed by atoms with Gasteiger partial charge in [-0.05, 0) is 51.0 Å². The van der Waals surface area contributed by atoms with Gasteiger partial charge in [0.1, 0.15) is 0 Å². The maximum atomic E-state index is 11.0. The van der Waals surface area contributed by atoms with Crippen molar-refractivity contribution in [1.82, 2.24) is 5.32 Å². The third kappa shape index (κ3) is 3.66. The molecule has 0 fully saturated rings. The first-order valence-corrected chi connectivity index (χ1v) is 5.44. The molecule has 1 rings (SSSR count). The fourth-order valence-electron chi connectivity index (χ4n) is 1.41. The number of benzene rings is 1. The lowest BCUT2D eigenvalue weighted by molar-refractivity contribution is 0.1000. The van der Waals surface area contributed by atoms with E-state index in [0.717, 1.165) is 12.1 Å². The van der Waals surface area contributed by atoms with Crippen molar-refractivity contribution in [3.63, 3.8) is 0 Å². The lowest BCUT2D eigenvalue weighted by atomic mass is 10.0. The summed E-state index contributed by atoms with van der Waals surface area (Å²) in [7, 11) is 0. The number of carbonyl (C=O) groups is 1. The molecule has 0 unspecified atom stereocenters. The van der Waals surface area contributed by atoms with E-state index in [0.29, 0.717) is 5.56 Å². The van der Waals surface area contributed by atoms with Gasteiger partial charge in [0.2, 0.25) is 5.91 Å². The maximum absolute atomic E-state index is 11.0. The molecule has 0 bridgehead atoms. The average Bonchev–Trinajstić information content (AvgIpc) is 2.14. The van der Waals surface area contributed by atoms with Gasteiger partial charge in [-0.2, -0.15) is 0 Å². The number of primary amides is 1. The molecule has 1 aromatic carbocycles. The minimum Gasteiger partial charge on any atom is -0.366 e. The topological polar surface area (TPSA) is 55.1 Å². The van der Waals surface area contributed by atoms with Gasteiger partial charge < -0.3 is 11.1 Å². The van der Waals surface area contributed by atoms with Gasteiger partial charge in [0.15, 0.2) is 0 Å². The number of rotatable bonds is 3. The van der Waals surface area contributed by atoms with Crippen LogP contribution in [0.5, 0.6) is 0 Å². The highest BCUT2D eigenvalue weighted by atomic mass is 16.1. The van der Waals surface area contributed by atoms with Crippen molar-refractivity contribution < 1.29 is 4.79 Å². The summed E-state index contributed by atoms with van der Waals surface area (Å²) in [6.45, 7) is 9.17. The van der Waals surface area contributed by atoms with Gasteiger partial charge in [-0.15, -0.1) is 0 Å². The van der Waals surface area contributed by atoms with Gasteiger partial charge in [-0.3, -0.25) is 4.79 Å². The quantitative estimate of drug-likeness (QED) is 0.818. The number of nitrogens with one attached hydrogen (secondary N) is 1.